The van der Waals surface area contributed by atoms with E-state index in [1.54, 1.807) is 12.1 Å². The van der Waals surface area contributed by atoms with E-state index in [9.17, 15) is 14.3 Å². The number of halogens is 2. The van der Waals surface area contributed by atoms with Gasteiger partial charge in [0.05, 0.1) is 10.6 Å². The fourth-order valence-corrected chi connectivity index (χ4v) is 3.45. The molecule has 128 valence electrons. The van der Waals surface area contributed by atoms with Crippen LogP contribution in [-0.4, -0.2) is 30.6 Å². The van der Waals surface area contributed by atoms with E-state index in [2.05, 4.69) is 10.6 Å². The minimum atomic E-state index is -1.29. The normalized spacial score (nSPS) is 20.8. The molecule has 1 saturated heterocycles. The van der Waals surface area contributed by atoms with Crippen molar-refractivity contribution in [2.24, 2.45) is 5.92 Å². The Hall–Kier alpha value is -1.17. The van der Waals surface area contributed by atoms with Crippen molar-refractivity contribution in [3.05, 3.63) is 34.6 Å². The molecule has 0 radical (unpaired) electrons. The molecule has 2 rings (SSSR count). The molecule has 0 aromatic heterocycles. The highest BCUT2D eigenvalue weighted by molar-refractivity contribution is 6.30. The lowest BCUT2D eigenvalue weighted by Crippen LogP contribution is -2.45. The zero-order chi connectivity index (χ0) is 16.9. The number of benzene rings is 1. The lowest BCUT2D eigenvalue weighted by atomic mass is 9.74. The zero-order valence-corrected chi connectivity index (χ0v) is 14.1. The highest BCUT2D eigenvalue weighted by atomic mass is 35.5. The van der Waals surface area contributed by atoms with Gasteiger partial charge in [-0.25, -0.2) is 4.39 Å². The highest BCUT2D eigenvalue weighted by Crippen LogP contribution is 2.40. The summed E-state index contributed by atoms with van der Waals surface area (Å²) in [4.78, 5) is 11.0. The van der Waals surface area contributed by atoms with Crippen LogP contribution >= 0.6 is 11.6 Å². The molecule has 1 heterocycles. The summed E-state index contributed by atoms with van der Waals surface area (Å²) >= 11 is 5.90. The zero-order valence-electron chi connectivity index (χ0n) is 13.4. The maximum atomic E-state index is 14.5. The number of amides is 1. The number of carbonyl (C=O) groups is 1. The molecule has 1 fully saturated rings. The van der Waals surface area contributed by atoms with Gasteiger partial charge < -0.3 is 15.7 Å². The summed E-state index contributed by atoms with van der Waals surface area (Å²) < 4.78 is 14.5. The Morgan fingerprint density at radius 2 is 2.35 bits per heavy atom. The van der Waals surface area contributed by atoms with Gasteiger partial charge in [0.2, 0.25) is 5.91 Å². The van der Waals surface area contributed by atoms with E-state index >= 15 is 0 Å². The molecule has 6 heteroatoms. The first kappa shape index (κ1) is 18.2. The third kappa shape index (κ3) is 4.43. The predicted molar refractivity (Wildman–Crippen MR) is 88.8 cm³/mol. The number of hydrogen-bond donors (Lipinski definition) is 3. The van der Waals surface area contributed by atoms with Gasteiger partial charge >= 0.3 is 0 Å². The largest absolute Gasteiger partial charge is 0.385 e. The van der Waals surface area contributed by atoms with Gasteiger partial charge in [0, 0.05) is 31.5 Å². The Morgan fingerprint density at radius 1 is 1.57 bits per heavy atom. The standard InChI is InChI=1S/C17H24ClFN2O2/c1-12(22)21-10-4-8-17(23,13-5-3-9-20-11-13)14-6-2-7-15(18)16(14)19/h2,6-7,13,20,23H,3-5,8-11H2,1H3,(H,21,22). The molecule has 2 atom stereocenters. The summed E-state index contributed by atoms with van der Waals surface area (Å²) in [6, 6.07) is 4.75. The van der Waals surface area contributed by atoms with Gasteiger partial charge in [-0.2, -0.15) is 0 Å². The van der Waals surface area contributed by atoms with Crippen molar-refractivity contribution < 1.29 is 14.3 Å². The van der Waals surface area contributed by atoms with Crippen LogP contribution in [0.3, 0.4) is 0 Å². The van der Waals surface area contributed by atoms with Crippen LogP contribution in [0.15, 0.2) is 18.2 Å². The predicted octanol–water partition coefficient (Wildman–Crippen LogP) is 2.58. The molecule has 2 unspecified atom stereocenters. The number of nitrogens with one attached hydrogen (secondary N) is 2. The van der Waals surface area contributed by atoms with Crippen molar-refractivity contribution in [1.29, 1.82) is 0 Å². The third-order valence-corrected chi connectivity index (χ3v) is 4.79. The van der Waals surface area contributed by atoms with Crippen LogP contribution in [0.25, 0.3) is 0 Å². The number of rotatable bonds is 6. The SMILES string of the molecule is CC(=O)NCCCC(O)(c1cccc(Cl)c1F)C1CCCNC1. The smallest absolute Gasteiger partial charge is 0.216 e. The third-order valence-electron chi connectivity index (χ3n) is 4.50. The Kier molecular flexibility index (Phi) is 6.39. The Morgan fingerprint density at radius 3 is 3.00 bits per heavy atom. The van der Waals surface area contributed by atoms with Crippen LogP contribution in [0.1, 0.15) is 38.2 Å². The second-order valence-corrected chi connectivity index (χ2v) is 6.56. The van der Waals surface area contributed by atoms with Gasteiger partial charge in [-0.1, -0.05) is 23.7 Å². The highest BCUT2D eigenvalue weighted by Gasteiger charge is 2.40. The molecule has 0 aliphatic carbocycles. The van der Waals surface area contributed by atoms with Crippen LogP contribution < -0.4 is 10.6 Å². The summed E-state index contributed by atoms with van der Waals surface area (Å²) in [6.07, 6.45) is 2.71. The van der Waals surface area contributed by atoms with Gasteiger partial charge in [0.1, 0.15) is 5.82 Å². The molecule has 1 aromatic rings. The van der Waals surface area contributed by atoms with Crippen LogP contribution in [0.4, 0.5) is 4.39 Å². The van der Waals surface area contributed by atoms with E-state index in [1.165, 1.54) is 13.0 Å². The average molecular weight is 343 g/mol. The first-order valence-corrected chi connectivity index (χ1v) is 8.45. The molecule has 0 saturated carbocycles. The fraction of sp³-hybridized carbons (Fsp3) is 0.588. The van der Waals surface area contributed by atoms with E-state index in [0.717, 1.165) is 19.4 Å². The molecule has 3 N–H and O–H groups in total. The van der Waals surface area contributed by atoms with Crippen molar-refractivity contribution in [3.8, 4) is 0 Å². The molecule has 1 aromatic carbocycles. The number of carbonyl (C=O) groups excluding carboxylic acids is 1. The van der Waals surface area contributed by atoms with Crippen molar-refractivity contribution in [3.63, 3.8) is 0 Å². The lowest BCUT2D eigenvalue weighted by molar-refractivity contribution is -0.119. The van der Waals surface area contributed by atoms with E-state index in [1.807, 2.05) is 0 Å². The topological polar surface area (TPSA) is 61.4 Å². The maximum absolute atomic E-state index is 14.5. The van der Waals surface area contributed by atoms with E-state index in [4.69, 9.17) is 11.6 Å². The van der Waals surface area contributed by atoms with Gasteiger partial charge in [-0.3, -0.25) is 4.79 Å². The van der Waals surface area contributed by atoms with Crippen LogP contribution in [-0.2, 0) is 10.4 Å². The van der Waals surface area contributed by atoms with E-state index in [-0.39, 0.29) is 22.4 Å². The minimum Gasteiger partial charge on any atom is -0.385 e. The fourth-order valence-electron chi connectivity index (χ4n) is 3.28. The minimum absolute atomic E-state index is 0.0200. The van der Waals surface area contributed by atoms with Crippen molar-refractivity contribution in [2.45, 2.75) is 38.2 Å². The van der Waals surface area contributed by atoms with Crippen molar-refractivity contribution >= 4 is 17.5 Å². The van der Waals surface area contributed by atoms with Crippen LogP contribution in [0.2, 0.25) is 5.02 Å². The average Bonchev–Trinajstić information content (AvgIpc) is 2.54. The molecule has 1 aliphatic rings. The molecular weight excluding hydrogens is 319 g/mol. The molecule has 1 aliphatic heterocycles. The Bertz CT molecular complexity index is 549. The van der Waals surface area contributed by atoms with Gasteiger partial charge in [0.25, 0.3) is 0 Å². The first-order valence-electron chi connectivity index (χ1n) is 8.07. The summed E-state index contributed by atoms with van der Waals surface area (Å²) in [7, 11) is 0. The van der Waals surface area contributed by atoms with E-state index < -0.39 is 11.4 Å². The van der Waals surface area contributed by atoms with Gasteiger partial charge in [-0.05, 0) is 38.3 Å². The van der Waals surface area contributed by atoms with Crippen molar-refractivity contribution in [1.82, 2.24) is 10.6 Å². The summed E-state index contributed by atoms with van der Waals surface area (Å²) in [6.45, 7) is 3.47. The van der Waals surface area contributed by atoms with E-state index in [0.29, 0.717) is 25.9 Å². The van der Waals surface area contributed by atoms with Gasteiger partial charge in [-0.15, -0.1) is 0 Å². The molecule has 0 spiro atoms. The molecule has 1 amide bonds. The van der Waals surface area contributed by atoms with Crippen LogP contribution in [0, 0.1) is 11.7 Å². The Labute approximate surface area is 141 Å². The second kappa shape index (κ2) is 8.08. The molecule has 4 nitrogen and oxygen atoms in total. The quantitative estimate of drug-likeness (QED) is 0.696. The summed E-state index contributed by atoms with van der Waals surface area (Å²) in [5, 5.41) is 17.3. The Balaban J connectivity index is 2.22. The second-order valence-electron chi connectivity index (χ2n) is 6.16. The number of aliphatic hydroxyl groups is 1. The molecule has 0 bridgehead atoms. The monoisotopic (exact) mass is 342 g/mol. The lowest BCUT2D eigenvalue weighted by Gasteiger charge is -2.39. The molecule has 23 heavy (non-hydrogen) atoms. The summed E-state index contributed by atoms with van der Waals surface area (Å²) in [5.74, 6) is -0.745. The maximum Gasteiger partial charge on any atom is 0.216 e. The van der Waals surface area contributed by atoms with Crippen molar-refractivity contribution in [2.75, 3.05) is 19.6 Å². The van der Waals surface area contributed by atoms with Gasteiger partial charge in [0.15, 0.2) is 0 Å². The summed E-state index contributed by atoms with van der Waals surface area (Å²) in [5.41, 5.74) is -1.04. The number of hydrogen-bond acceptors (Lipinski definition) is 3. The first-order chi connectivity index (χ1) is 10.9. The van der Waals surface area contributed by atoms with Crippen LogP contribution in [0.5, 0.6) is 0 Å². The molecular formula is C17H24ClFN2O2. The number of piperidine rings is 1.